The lowest BCUT2D eigenvalue weighted by Crippen LogP contribution is -2.73. The summed E-state index contributed by atoms with van der Waals surface area (Å²) in [6, 6.07) is 15.5. The number of fused-ring (bicyclic) bond motifs is 1. The average Bonchev–Trinajstić information content (AvgIpc) is 2.76. The molecule has 178 valence electrons. The Morgan fingerprint density at radius 2 is 1.74 bits per heavy atom. The molecule has 0 saturated carbocycles. The van der Waals surface area contributed by atoms with Crippen LogP contribution in [0.15, 0.2) is 60.7 Å². The number of rotatable bonds is 6. The standard InChI is InChI=1S/C26H25F3N2O3/c1-33-12-11-30-14-25(15-30)16-31(17-25)24(32)19-5-10-22-18(13-19)3-2-4-23(22)34-21-8-6-20(7-9-21)26(27,28)29/h2-10,13H,11-12,14-17H2,1H3. The van der Waals surface area contributed by atoms with Crippen molar-refractivity contribution in [3.05, 3.63) is 71.8 Å². The highest BCUT2D eigenvalue weighted by Crippen LogP contribution is 2.40. The van der Waals surface area contributed by atoms with Crippen LogP contribution in [0.25, 0.3) is 10.8 Å². The van der Waals surface area contributed by atoms with Crippen molar-refractivity contribution in [1.82, 2.24) is 9.80 Å². The first kappa shape index (κ1) is 22.7. The van der Waals surface area contributed by atoms with Crippen molar-refractivity contribution in [1.29, 1.82) is 0 Å². The molecule has 0 unspecified atom stereocenters. The minimum atomic E-state index is -4.39. The molecule has 2 saturated heterocycles. The molecule has 0 bridgehead atoms. The van der Waals surface area contributed by atoms with Gasteiger partial charge in [-0.1, -0.05) is 12.1 Å². The Morgan fingerprint density at radius 3 is 2.41 bits per heavy atom. The molecule has 0 radical (unpaired) electrons. The maximum absolute atomic E-state index is 13.0. The summed E-state index contributed by atoms with van der Waals surface area (Å²) in [4.78, 5) is 17.2. The number of benzene rings is 3. The van der Waals surface area contributed by atoms with Crippen molar-refractivity contribution in [2.75, 3.05) is 46.4 Å². The molecule has 5 rings (SSSR count). The summed E-state index contributed by atoms with van der Waals surface area (Å²) >= 11 is 0. The van der Waals surface area contributed by atoms with E-state index >= 15 is 0 Å². The van der Waals surface area contributed by atoms with Gasteiger partial charge in [-0.25, -0.2) is 0 Å². The number of amides is 1. The van der Waals surface area contributed by atoms with Gasteiger partial charge in [-0.2, -0.15) is 13.2 Å². The highest BCUT2D eigenvalue weighted by molar-refractivity contribution is 6.00. The van der Waals surface area contributed by atoms with Crippen molar-refractivity contribution >= 4 is 16.7 Å². The molecule has 34 heavy (non-hydrogen) atoms. The molecule has 2 aliphatic heterocycles. The van der Waals surface area contributed by atoms with Gasteiger partial charge in [0.2, 0.25) is 0 Å². The van der Waals surface area contributed by atoms with Gasteiger partial charge >= 0.3 is 6.18 Å². The third-order valence-corrected chi connectivity index (χ3v) is 6.57. The van der Waals surface area contributed by atoms with Crippen molar-refractivity contribution in [3.63, 3.8) is 0 Å². The van der Waals surface area contributed by atoms with Crippen LogP contribution in [0.4, 0.5) is 13.2 Å². The van der Waals surface area contributed by atoms with Crippen molar-refractivity contribution in [2.24, 2.45) is 5.41 Å². The Hall–Kier alpha value is -3.10. The Morgan fingerprint density at radius 1 is 1.00 bits per heavy atom. The van der Waals surface area contributed by atoms with E-state index in [0.29, 0.717) is 17.1 Å². The summed E-state index contributed by atoms with van der Waals surface area (Å²) in [5, 5.41) is 1.62. The maximum Gasteiger partial charge on any atom is 0.416 e. The van der Waals surface area contributed by atoms with E-state index in [1.807, 2.05) is 23.1 Å². The molecule has 2 fully saturated rings. The SMILES string of the molecule is COCCN1CC2(C1)CN(C(=O)c1ccc3c(Oc4ccc(C(F)(F)F)cc4)cccc3c1)C2. The highest BCUT2D eigenvalue weighted by atomic mass is 19.4. The van der Waals surface area contributed by atoms with Gasteiger partial charge in [0, 0.05) is 56.2 Å². The average molecular weight is 470 g/mol. The number of carbonyl (C=O) groups is 1. The zero-order valence-corrected chi connectivity index (χ0v) is 18.8. The summed E-state index contributed by atoms with van der Waals surface area (Å²) < 4.78 is 49.4. The van der Waals surface area contributed by atoms with E-state index < -0.39 is 11.7 Å². The molecule has 1 amide bonds. The minimum Gasteiger partial charge on any atom is -0.457 e. The van der Waals surface area contributed by atoms with Gasteiger partial charge in [-0.15, -0.1) is 0 Å². The third kappa shape index (κ3) is 4.35. The van der Waals surface area contributed by atoms with Crippen molar-refractivity contribution in [2.45, 2.75) is 6.18 Å². The molecule has 8 heteroatoms. The summed E-state index contributed by atoms with van der Waals surface area (Å²) in [6.07, 6.45) is -4.39. The van der Waals surface area contributed by atoms with Crippen LogP contribution in [0.3, 0.4) is 0 Å². The van der Waals surface area contributed by atoms with Gasteiger partial charge in [0.15, 0.2) is 0 Å². The number of alkyl halides is 3. The summed E-state index contributed by atoms with van der Waals surface area (Å²) in [5.74, 6) is 0.841. The number of ether oxygens (including phenoxy) is 2. The fourth-order valence-corrected chi connectivity index (χ4v) is 4.89. The lowest BCUT2D eigenvalue weighted by Gasteiger charge is -2.60. The smallest absolute Gasteiger partial charge is 0.416 e. The van der Waals surface area contributed by atoms with Crippen LogP contribution >= 0.6 is 0 Å². The molecule has 1 spiro atoms. The fraction of sp³-hybridized carbons (Fsp3) is 0.346. The van der Waals surface area contributed by atoms with E-state index in [9.17, 15) is 18.0 Å². The van der Waals surface area contributed by atoms with Crippen LogP contribution < -0.4 is 4.74 Å². The number of hydrogen-bond acceptors (Lipinski definition) is 4. The Bertz CT molecular complexity index is 1200. The summed E-state index contributed by atoms with van der Waals surface area (Å²) in [7, 11) is 1.70. The van der Waals surface area contributed by atoms with Crippen LogP contribution in [0.1, 0.15) is 15.9 Å². The van der Waals surface area contributed by atoms with E-state index in [1.54, 1.807) is 25.3 Å². The second-order valence-electron chi connectivity index (χ2n) is 9.18. The van der Waals surface area contributed by atoms with E-state index in [4.69, 9.17) is 9.47 Å². The van der Waals surface area contributed by atoms with Gasteiger partial charge in [-0.3, -0.25) is 9.69 Å². The molecule has 3 aromatic rings. The van der Waals surface area contributed by atoms with Crippen LogP contribution in [-0.2, 0) is 10.9 Å². The Balaban J connectivity index is 1.26. The highest BCUT2D eigenvalue weighted by Gasteiger charge is 2.52. The number of hydrogen-bond donors (Lipinski definition) is 0. The molecular weight excluding hydrogens is 445 g/mol. The Kier molecular flexibility index (Phi) is 5.73. The van der Waals surface area contributed by atoms with E-state index in [-0.39, 0.29) is 11.3 Å². The topological polar surface area (TPSA) is 42.0 Å². The van der Waals surface area contributed by atoms with E-state index in [2.05, 4.69) is 4.90 Å². The number of carbonyl (C=O) groups excluding carboxylic acids is 1. The van der Waals surface area contributed by atoms with E-state index in [0.717, 1.165) is 62.2 Å². The van der Waals surface area contributed by atoms with Crippen molar-refractivity contribution in [3.8, 4) is 11.5 Å². The Labute approximate surface area is 195 Å². The predicted molar refractivity (Wildman–Crippen MR) is 122 cm³/mol. The molecule has 2 aliphatic rings. The zero-order chi connectivity index (χ0) is 23.9. The first-order valence-corrected chi connectivity index (χ1v) is 11.1. The normalized spacial score (nSPS) is 17.5. The first-order valence-electron chi connectivity index (χ1n) is 11.1. The quantitative estimate of drug-likeness (QED) is 0.505. The van der Waals surface area contributed by atoms with Crippen LogP contribution in [0.5, 0.6) is 11.5 Å². The maximum atomic E-state index is 13.0. The molecule has 2 heterocycles. The molecule has 0 atom stereocenters. The molecule has 0 aromatic heterocycles. The van der Waals surface area contributed by atoms with E-state index in [1.165, 1.54) is 12.1 Å². The summed E-state index contributed by atoms with van der Waals surface area (Å²) in [5.41, 5.74) is 0.117. The van der Waals surface area contributed by atoms with Gasteiger partial charge < -0.3 is 14.4 Å². The fourth-order valence-electron chi connectivity index (χ4n) is 4.89. The van der Waals surface area contributed by atoms with Gasteiger partial charge in [0.1, 0.15) is 11.5 Å². The zero-order valence-electron chi connectivity index (χ0n) is 18.8. The molecule has 0 N–H and O–H groups in total. The molecule has 3 aromatic carbocycles. The molecular formula is C26H25F3N2O3. The minimum absolute atomic E-state index is 0.0110. The number of methoxy groups -OCH3 is 1. The number of likely N-dealkylation sites (tertiary alicyclic amines) is 2. The molecule has 5 nitrogen and oxygen atoms in total. The van der Waals surface area contributed by atoms with Crippen molar-refractivity contribution < 1.29 is 27.4 Å². The second kappa shape index (κ2) is 8.60. The van der Waals surface area contributed by atoms with Crippen LogP contribution in [-0.4, -0.2) is 62.1 Å². The summed E-state index contributed by atoms with van der Waals surface area (Å²) in [6.45, 7) is 5.19. The largest absolute Gasteiger partial charge is 0.457 e. The number of halogens is 3. The van der Waals surface area contributed by atoms with Gasteiger partial charge in [0.25, 0.3) is 5.91 Å². The second-order valence-corrected chi connectivity index (χ2v) is 9.18. The predicted octanol–water partition coefficient (Wildman–Crippen LogP) is 5.06. The first-order chi connectivity index (χ1) is 16.3. The molecule has 0 aliphatic carbocycles. The third-order valence-electron chi connectivity index (χ3n) is 6.57. The van der Waals surface area contributed by atoms with Gasteiger partial charge in [-0.05, 0) is 53.9 Å². The van der Waals surface area contributed by atoms with Gasteiger partial charge in [0.05, 0.1) is 12.2 Å². The lowest BCUT2D eigenvalue weighted by molar-refractivity contribution is -0.137. The van der Waals surface area contributed by atoms with Crippen LogP contribution in [0.2, 0.25) is 0 Å². The lowest BCUT2D eigenvalue weighted by atomic mass is 9.72. The van der Waals surface area contributed by atoms with Crippen LogP contribution in [0, 0.1) is 5.41 Å². The number of nitrogens with zero attached hydrogens (tertiary/aromatic N) is 2. The monoisotopic (exact) mass is 470 g/mol.